The molecule has 3 N–H and O–H groups in total. The van der Waals surface area contributed by atoms with Crippen molar-refractivity contribution in [3.8, 4) is 12.3 Å². The van der Waals surface area contributed by atoms with Crippen LogP contribution in [0.2, 0.25) is 0 Å². The summed E-state index contributed by atoms with van der Waals surface area (Å²) >= 11 is 0. The lowest BCUT2D eigenvalue weighted by Gasteiger charge is -2.10. The molecule has 0 radical (unpaired) electrons. The highest BCUT2D eigenvalue weighted by Gasteiger charge is 2.10. The minimum atomic E-state index is -0.360. The number of rotatable bonds is 7. The Kier molecular flexibility index (Phi) is 7.96. The van der Waals surface area contributed by atoms with Gasteiger partial charge in [0.05, 0.1) is 6.04 Å². The summed E-state index contributed by atoms with van der Waals surface area (Å²) in [6.45, 7) is 2.71. The predicted molar refractivity (Wildman–Crippen MR) is 58.6 cm³/mol. The van der Waals surface area contributed by atoms with Gasteiger partial charge in [0.25, 0.3) is 0 Å². The lowest BCUT2D eigenvalue weighted by molar-refractivity contribution is -0.122. The maximum atomic E-state index is 11.3. The molecule has 0 unspecified atom stereocenters. The largest absolute Gasteiger partial charge is 0.355 e. The molecular weight excluding hydrogens is 176 g/mol. The van der Waals surface area contributed by atoms with Crippen molar-refractivity contribution in [1.29, 1.82) is 0 Å². The van der Waals surface area contributed by atoms with E-state index in [0.29, 0.717) is 13.0 Å². The summed E-state index contributed by atoms with van der Waals surface area (Å²) in [4.78, 5) is 11.3. The normalized spacial score (nSPS) is 11.8. The summed E-state index contributed by atoms with van der Waals surface area (Å²) in [6, 6.07) is -0.360. The molecule has 1 atom stereocenters. The topological polar surface area (TPSA) is 55.1 Å². The smallest absolute Gasteiger partial charge is 0.236 e. The summed E-state index contributed by atoms with van der Waals surface area (Å²) in [5, 5.41) is 2.77. The van der Waals surface area contributed by atoms with Crippen LogP contribution in [0.25, 0.3) is 0 Å². The summed E-state index contributed by atoms with van der Waals surface area (Å²) < 4.78 is 0. The number of terminal acetylenes is 1. The van der Waals surface area contributed by atoms with Crippen LogP contribution in [0.3, 0.4) is 0 Å². The van der Waals surface area contributed by atoms with Crippen molar-refractivity contribution in [3.63, 3.8) is 0 Å². The first kappa shape index (κ1) is 13.0. The minimum absolute atomic E-state index is 0.0597. The number of unbranched alkanes of at least 4 members (excludes halogenated alkanes) is 2. The van der Waals surface area contributed by atoms with E-state index >= 15 is 0 Å². The minimum Gasteiger partial charge on any atom is -0.355 e. The zero-order chi connectivity index (χ0) is 10.8. The molecule has 3 nitrogen and oxygen atoms in total. The van der Waals surface area contributed by atoms with Gasteiger partial charge in [-0.2, -0.15) is 0 Å². The molecule has 3 heteroatoms. The highest BCUT2D eigenvalue weighted by Crippen LogP contribution is 1.97. The second kappa shape index (κ2) is 8.58. The first-order valence-electron chi connectivity index (χ1n) is 5.19. The third-order valence-corrected chi connectivity index (χ3v) is 2.00. The quantitative estimate of drug-likeness (QED) is 0.472. The Labute approximate surface area is 86.4 Å². The SMILES string of the molecule is C#CCCCNC(=O)[C@@H](N)CCCC. The molecule has 0 aliphatic heterocycles. The van der Waals surface area contributed by atoms with E-state index in [1.54, 1.807) is 0 Å². The van der Waals surface area contributed by atoms with E-state index in [2.05, 4.69) is 18.2 Å². The van der Waals surface area contributed by atoms with Gasteiger partial charge in [-0.05, 0) is 12.8 Å². The van der Waals surface area contributed by atoms with Crippen molar-refractivity contribution < 1.29 is 4.79 Å². The van der Waals surface area contributed by atoms with Crippen LogP contribution < -0.4 is 11.1 Å². The molecule has 0 heterocycles. The van der Waals surface area contributed by atoms with Gasteiger partial charge in [0.1, 0.15) is 0 Å². The predicted octanol–water partition coefficient (Wildman–Crippen LogP) is 1.03. The van der Waals surface area contributed by atoms with E-state index < -0.39 is 0 Å². The van der Waals surface area contributed by atoms with Crippen LogP contribution in [0.15, 0.2) is 0 Å². The number of hydrogen-bond donors (Lipinski definition) is 2. The molecule has 0 saturated heterocycles. The average molecular weight is 196 g/mol. The molecule has 0 rings (SSSR count). The van der Waals surface area contributed by atoms with Crippen LogP contribution in [0.5, 0.6) is 0 Å². The van der Waals surface area contributed by atoms with Gasteiger partial charge in [0.15, 0.2) is 0 Å². The summed E-state index contributed by atoms with van der Waals surface area (Å²) in [5.41, 5.74) is 5.67. The Balaban J connectivity index is 3.47. The van der Waals surface area contributed by atoms with Crippen LogP contribution in [0, 0.1) is 12.3 Å². The van der Waals surface area contributed by atoms with Crippen molar-refractivity contribution in [2.24, 2.45) is 5.73 Å². The van der Waals surface area contributed by atoms with Crippen LogP contribution in [0.1, 0.15) is 39.0 Å². The van der Waals surface area contributed by atoms with Gasteiger partial charge in [-0.25, -0.2) is 0 Å². The van der Waals surface area contributed by atoms with Crippen molar-refractivity contribution in [1.82, 2.24) is 5.32 Å². The van der Waals surface area contributed by atoms with Crippen molar-refractivity contribution in [3.05, 3.63) is 0 Å². The molecule has 0 saturated carbocycles. The van der Waals surface area contributed by atoms with Crippen molar-refractivity contribution >= 4 is 5.91 Å². The number of carbonyl (C=O) groups is 1. The first-order valence-corrected chi connectivity index (χ1v) is 5.19. The van der Waals surface area contributed by atoms with E-state index in [9.17, 15) is 4.79 Å². The molecule has 0 fully saturated rings. The van der Waals surface area contributed by atoms with E-state index in [4.69, 9.17) is 12.2 Å². The molecule has 0 spiro atoms. The van der Waals surface area contributed by atoms with Gasteiger partial charge in [0, 0.05) is 13.0 Å². The van der Waals surface area contributed by atoms with E-state index in [0.717, 1.165) is 25.7 Å². The highest BCUT2D eigenvalue weighted by molar-refractivity contribution is 5.81. The Hall–Kier alpha value is -1.01. The monoisotopic (exact) mass is 196 g/mol. The van der Waals surface area contributed by atoms with Gasteiger partial charge in [-0.1, -0.05) is 19.8 Å². The molecule has 0 aromatic carbocycles. The second-order valence-electron chi connectivity index (χ2n) is 3.35. The Morgan fingerprint density at radius 3 is 2.86 bits per heavy atom. The molecular formula is C11H20N2O. The summed E-state index contributed by atoms with van der Waals surface area (Å²) in [7, 11) is 0. The van der Waals surface area contributed by atoms with Gasteiger partial charge in [0.2, 0.25) is 5.91 Å². The molecule has 1 amide bonds. The van der Waals surface area contributed by atoms with Crippen LogP contribution in [0.4, 0.5) is 0 Å². The van der Waals surface area contributed by atoms with Crippen molar-refractivity contribution in [2.45, 2.75) is 45.1 Å². The fourth-order valence-electron chi connectivity index (χ4n) is 1.09. The summed E-state index contributed by atoms with van der Waals surface area (Å²) in [6.07, 6.45) is 9.43. The number of nitrogens with two attached hydrogens (primary N) is 1. The highest BCUT2D eigenvalue weighted by atomic mass is 16.2. The standard InChI is InChI=1S/C11H20N2O/c1-3-5-7-9-13-11(14)10(12)8-6-4-2/h1,10H,4-9,12H2,2H3,(H,13,14)/t10-/m0/s1. The Bertz CT molecular complexity index is 196. The van der Waals surface area contributed by atoms with Crippen LogP contribution >= 0.6 is 0 Å². The lowest BCUT2D eigenvalue weighted by atomic mass is 10.1. The zero-order valence-electron chi connectivity index (χ0n) is 8.88. The van der Waals surface area contributed by atoms with Gasteiger partial charge in [-0.15, -0.1) is 12.3 Å². The number of hydrogen-bond acceptors (Lipinski definition) is 2. The lowest BCUT2D eigenvalue weighted by Crippen LogP contribution is -2.40. The van der Waals surface area contributed by atoms with Crippen LogP contribution in [-0.4, -0.2) is 18.5 Å². The average Bonchev–Trinajstić information content (AvgIpc) is 2.20. The summed E-state index contributed by atoms with van der Waals surface area (Å²) in [5.74, 6) is 2.46. The van der Waals surface area contributed by atoms with E-state index in [-0.39, 0.29) is 11.9 Å². The molecule has 0 aliphatic rings. The third-order valence-electron chi connectivity index (χ3n) is 2.00. The number of amides is 1. The van der Waals surface area contributed by atoms with E-state index in [1.807, 2.05) is 0 Å². The molecule has 0 aromatic rings. The van der Waals surface area contributed by atoms with Gasteiger partial charge >= 0.3 is 0 Å². The van der Waals surface area contributed by atoms with E-state index in [1.165, 1.54) is 0 Å². The molecule has 0 aromatic heterocycles. The Morgan fingerprint density at radius 2 is 2.29 bits per heavy atom. The maximum Gasteiger partial charge on any atom is 0.236 e. The van der Waals surface area contributed by atoms with Gasteiger partial charge < -0.3 is 11.1 Å². The number of carbonyl (C=O) groups excluding carboxylic acids is 1. The molecule has 0 aliphatic carbocycles. The van der Waals surface area contributed by atoms with Crippen LogP contribution in [-0.2, 0) is 4.79 Å². The second-order valence-corrected chi connectivity index (χ2v) is 3.35. The van der Waals surface area contributed by atoms with Crippen molar-refractivity contribution in [2.75, 3.05) is 6.54 Å². The molecule has 14 heavy (non-hydrogen) atoms. The first-order chi connectivity index (χ1) is 6.72. The number of nitrogens with one attached hydrogen (secondary N) is 1. The fraction of sp³-hybridized carbons (Fsp3) is 0.727. The molecule has 80 valence electrons. The Morgan fingerprint density at radius 1 is 1.57 bits per heavy atom. The maximum absolute atomic E-state index is 11.3. The molecule has 0 bridgehead atoms. The van der Waals surface area contributed by atoms with Gasteiger partial charge in [-0.3, -0.25) is 4.79 Å². The zero-order valence-corrected chi connectivity index (χ0v) is 8.88. The fourth-order valence-corrected chi connectivity index (χ4v) is 1.09. The third kappa shape index (κ3) is 6.50.